The molecule has 1 atom stereocenters. The van der Waals surface area contributed by atoms with Gasteiger partial charge in [-0.2, -0.15) is 0 Å². The number of para-hydroxylation sites is 1. The zero-order valence-electron chi connectivity index (χ0n) is 15.7. The van der Waals surface area contributed by atoms with E-state index in [-0.39, 0.29) is 24.3 Å². The number of ether oxygens (including phenoxy) is 1. The second-order valence-electron chi connectivity index (χ2n) is 6.90. The smallest absolute Gasteiger partial charge is 0.261 e. The van der Waals surface area contributed by atoms with E-state index in [0.717, 1.165) is 18.4 Å². The Morgan fingerprint density at radius 3 is 2.86 bits per heavy atom. The Balaban J connectivity index is 1.42. The normalized spacial score (nSPS) is 16.2. The van der Waals surface area contributed by atoms with Gasteiger partial charge in [0.1, 0.15) is 11.8 Å². The van der Waals surface area contributed by atoms with Crippen LogP contribution in [0.4, 0.5) is 4.39 Å². The van der Waals surface area contributed by atoms with Crippen LogP contribution in [0.5, 0.6) is 5.75 Å². The maximum Gasteiger partial charge on any atom is 0.261 e. The number of aromatic nitrogens is 1. The van der Waals surface area contributed by atoms with E-state index >= 15 is 0 Å². The number of carbonyl (C=O) groups is 1. The van der Waals surface area contributed by atoms with Gasteiger partial charge in [-0.15, -0.1) is 0 Å². The van der Waals surface area contributed by atoms with Crippen LogP contribution in [0, 0.1) is 5.82 Å². The minimum atomic E-state index is -0.491. The molecule has 0 bridgehead atoms. The van der Waals surface area contributed by atoms with Crippen LogP contribution in [-0.2, 0) is 11.2 Å². The third-order valence-electron chi connectivity index (χ3n) is 4.94. The summed E-state index contributed by atoms with van der Waals surface area (Å²) in [7, 11) is 0. The fourth-order valence-electron chi connectivity index (χ4n) is 3.49. The number of halogens is 2. The van der Waals surface area contributed by atoms with Crippen molar-refractivity contribution in [2.75, 3.05) is 13.2 Å². The molecule has 2 aromatic carbocycles. The minimum Gasteiger partial charge on any atom is -0.481 e. The summed E-state index contributed by atoms with van der Waals surface area (Å²) in [5.41, 5.74) is 0.953. The Morgan fingerprint density at radius 1 is 1.24 bits per heavy atom. The molecule has 7 heteroatoms. The van der Waals surface area contributed by atoms with Crippen molar-refractivity contribution in [1.29, 1.82) is 0 Å². The molecule has 1 amide bonds. The van der Waals surface area contributed by atoms with Crippen molar-refractivity contribution in [3.8, 4) is 5.75 Å². The van der Waals surface area contributed by atoms with Crippen LogP contribution in [0.3, 0.4) is 0 Å². The molecule has 150 valence electrons. The first-order chi connectivity index (χ1) is 14.1. The van der Waals surface area contributed by atoms with Gasteiger partial charge in [0.15, 0.2) is 18.2 Å². The van der Waals surface area contributed by atoms with Gasteiger partial charge in [-0.1, -0.05) is 41.9 Å². The van der Waals surface area contributed by atoms with E-state index in [2.05, 4.69) is 4.98 Å². The van der Waals surface area contributed by atoms with Gasteiger partial charge in [0.2, 0.25) is 5.89 Å². The van der Waals surface area contributed by atoms with E-state index in [9.17, 15) is 9.18 Å². The number of carbonyl (C=O) groups excluding carboxylic acids is 1. The summed E-state index contributed by atoms with van der Waals surface area (Å²) in [6.45, 7) is 0.358. The number of hydrogen-bond donors (Lipinski definition) is 0. The number of amides is 1. The molecule has 0 aliphatic carbocycles. The summed E-state index contributed by atoms with van der Waals surface area (Å²) in [5.74, 6) is 0.547. The number of oxazole rings is 1. The van der Waals surface area contributed by atoms with Crippen LogP contribution in [0.15, 0.2) is 59.1 Å². The summed E-state index contributed by atoms with van der Waals surface area (Å²) in [6.07, 6.45) is 3.81. The van der Waals surface area contributed by atoms with Crippen LogP contribution in [0.2, 0.25) is 5.02 Å². The van der Waals surface area contributed by atoms with E-state index in [1.54, 1.807) is 23.2 Å². The molecular formula is C22H20ClFN2O3. The third kappa shape index (κ3) is 4.43. The predicted octanol–water partition coefficient (Wildman–Crippen LogP) is 4.80. The first kappa shape index (κ1) is 19.5. The second-order valence-corrected chi connectivity index (χ2v) is 7.30. The molecular weight excluding hydrogens is 395 g/mol. The number of hydrogen-bond acceptors (Lipinski definition) is 4. The molecule has 0 radical (unpaired) electrons. The zero-order chi connectivity index (χ0) is 20.2. The SMILES string of the molecule is O=C(COc1ccccc1F)N1CCCC1c1ncc(Cc2ccccc2Cl)o1. The van der Waals surface area contributed by atoms with Gasteiger partial charge in [0, 0.05) is 18.0 Å². The highest BCUT2D eigenvalue weighted by molar-refractivity contribution is 6.31. The summed E-state index contributed by atoms with van der Waals surface area (Å²) in [5, 5.41) is 0.674. The fourth-order valence-corrected chi connectivity index (χ4v) is 3.70. The van der Waals surface area contributed by atoms with Gasteiger partial charge in [0.25, 0.3) is 5.91 Å². The van der Waals surface area contributed by atoms with Crippen LogP contribution in [-0.4, -0.2) is 28.9 Å². The average Bonchev–Trinajstić information content (AvgIpc) is 3.38. The van der Waals surface area contributed by atoms with Crippen molar-refractivity contribution in [1.82, 2.24) is 9.88 Å². The summed E-state index contributed by atoms with van der Waals surface area (Å²) >= 11 is 6.21. The molecule has 1 aliphatic heterocycles. The zero-order valence-corrected chi connectivity index (χ0v) is 16.4. The van der Waals surface area contributed by atoms with Gasteiger partial charge in [-0.05, 0) is 36.6 Å². The van der Waals surface area contributed by atoms with Gasteiger partial charge in [0.05, 0.1) is 6.20 Å². The van der Waals surface area contributed by atoms with Gasteiger partial charge in [-0.3, -0.25) is 4.79 Å². The topological polar surface area (TPSA) is 55.6 Å². The molecule has 0 spiro atoms. The first-order valence-electron chi connectivity index (χ1n) is 9.46. The van der Waals surface area contributed by atoms with Crippen molar-refractivity contribution >= 4 is 17.5 Å². The molecule has 0 N–H and O–H groups in total. The molecule has 1 aliphatic rings. The standard InChI is InChI=1S/C22H20ClFN2O3/c23-17-7-2-1-6-15(17)12-16-13-25-22(29-16)19-9-5-11-26(19)21(27)14-28-20-10-4-3-8-18(20)24/h1-4,6-8,10,13,19H,5,9,11-12,14H2. The maximum absolute atomic E-state index is 13.7. The summed E-state index contributed by atoms with van der Waals surface area (Å²) in [6, 6.07) is 13.4. The van der Waals surface area contributed by atoms with Gasteiger partial charge in [-0.25, -0.2) is 9.37 Å². The van der Waals surface area contributed by atoms with E-state index in [0.29, 0.717) is 29.6 Å². The van der Waals surface area contributed by atoms with E-state index < -0.39 is 5.82 Å². The molecule has 29 heavy (non-hydrogen) atoms. The van der Waals surface area contributed by atoms with E-state index in [1.807, 2.05) is 24.3 Å². The van der Waals surface area contributed by atoms with Gasteiger partial charge >= 0.3 is 0 Å². The molecule has 1 saturated heterocycles. The van der Waals surface area contributed by atoms with Crippen LogP contribution in [0.1, 0.15) is 36.1 Å². The molecule has 1 aromatic heterocycles. The highest BCUT2D eigenvalue weighted by Gasteiger charge is 2.33. The molecule has 0 saturated carbocycles. The quantitative estimate of drug-likeness (QED) is 0.581. The Bertz CT molecular complexity index is 1010. The minimum absolute atomic E-state index is 0.0646. The molecule has 2 heterocycles. The number of likely N-dealkylation sites (tertiary alicyclic amines) is 1. The van der Waals surface area contributed by atoms with Crippen molar-refractivity contribution in [3.63, 3.8) is 0 Å². The van der Waals surface area contributed by atoms with E-state index in [4.69, 9.17) is 20.8 Å². The van der Waals surface area contributed by atoms with Crippen LogP contribution < -0.4 is 4.74 Å². The van der Waals surface area contributed by atoms with Crippen LogP contribution in [0.25, 0.3) is 0 Å². The lowest BCUT2D eigenvalue weighted by molar-refractivity contribution is -0.134. The molecule has 5 nitrogen and oxygen atoms in total. The van der Waals surface area contributed by atoms with Gasteiger partial charge < -0.3 is 14.1 Å². The Morgan fingerprint density at radius 2 is 2.03 bits per heavy atom. The lowest BCUT2D eigenvalue weighted by atomic mass is 10.1. The largest absolute Gasteiger partial charge is 0.481 e. The Hall–Kier alpha value is -2.86. The molecule has 3 aromatic rings. The van der Waals surface area contributed by atoms with Crippen molar-refractivity contribution < 1.29 is 18.3 Å². The Labute approximate surface area is 173 Å². The summed E-state index contributed by atoms with van der Waals surface area (Å²) < 4.78 is 25.0. The second kappa shape index (κ2) is 8.66. The first-order valence-corrected chi connectivity index (χ1v) is 9.84. The average molecular weight is 415 g/mol. The molecule has 1 unspecified atom stereocenters. The number of rotatable bonds is 6. The lowest BCUT2D eigenvalue weighted by Crippen LogP contribution is -2.34. The van der Waals surface area contributed by atoms with Crippen molar-refractivity contribution in [3.05, 3.63) is 82.8 Å². The predicted molar refractivity (Wildman–Crippen MR) is 106 cm³/mol. The summed E-state index contributed by atoms with van der Waals surface area (Å²) in [4.78, 5) is 18.7. The van der Waals surface area contributed by atoms with Crippen molar-refractivity contribution in [2.24, 2.45) is 0 Å². The maximum atomic E-state index is 13.7. The van der Waals surface area contributed by atoms with Crippen LogP contribution >= 0.6 is 11.6 Å². The van der Waals surface area contributed by atoms with Crippen molar-refractivity contribution in [2.45, 2.75) is 25.3 Å². The number of benzene rings is 2. The fraction of sp³-hybridized carbons (Fsp3) is 0.273. The third-order valence-corrected chi connectivity index (χ3v) is 5.31. The molecule has 4 rings (SSSR count). The number of nitrogens with zero attached hydrogens (tertiary/aromatic N) is 2. The Kier molecular flexibility index (Phi) is 5.81. The highest BCUT2D eigenvalue weighted by Crippen LogP contribution is 2.32. The highest BCUT2D eigenvalue weighted by atomic mass is 35.5. The monoisotopic (exact) mass is 414 g/mol. The van der Waals surface area contributed by atoms with E-state index in [1.165, 1.54) is 12.1 Å². The lowest BCUT2D eigenvalue weighted by Gasteiger charge is -2.22. The molecule has 1 fully saturated rings.